The van der Waals surface area contributed by atoms with Crippen LogP contribution in [0, 0.1) is 17.8 Å². The van der Waals surface area contributed by atoms with Gasteiger partial charge in [0.2, 0.25) is 41.4 Å². The lowest BCUT2D eigenvalue weighted by Crippen LogP contribution is -2.63. The summed E-state index contributed by atoms with van der Waals surface area (Å²) in [6.07, 6.45) is 6.67. The highest BCUT2D eigenvalue weighted by Crippen LogP contribution is 2.12. The van der Waals surface area contributed by atoms with Gasteiger partial charge in [-0.2, -0.15) is 0 Å². The third kappa shape index (κ3) is 20.3. The zero-order chi connectivity index (χ0) is 40.9. The molecule has 0 aromatic heterocycles. The molecular formula is C38H71N7O8. The van der Waals surface area contributed by atoms with E-state index in [1.54, 1.807) is 0 Å². The Morgan fingerprint density at radius 1 is 0.623 bits per heavy atom. The fraction of sp³-hybridized carbons (Fsp3) is 0.816. The molecule has 6 atom stereocenters. The first-order valence-electron chi connectivity index (χ1n) is 19.4. The van der Waals surface area contributed by atoms with Crippen LogP contribution in [0.3, 0.4) is 0 Å². The van der Waals surface area contributed by atoms with Crippen molar-refractivity contribution in [3.8, 4) is 0 Å². The summed E-state index contributed by atoms with van der Waals surface area (Å²) in [4.78, 5) is 90.6. The van der Waals surface area contributed by atoms with E-state index in [0.29, 0.717) is 19.3 Å². The molecule has 8 N–H and O–H groups in total. The molecule has 0 bridgehead atoms. The quantitative estimate of drug-likeness (QED) is 0.0609. The Hall–Kier alpha value is -3.75. The Morgan fingerprint density at radius 3 is 1.74 bits per heavy atom. The van der Waals surface area contributed by atoms with Crippen molar-refractivity contribution < 1.29 is 38.7 Å². The molecule has 0 radical (unpaired) electrons. The summed E-state index contributed by atoms with van der Waals surface area (Å²) in [5, 5.41) is 28.3. The van der Waals surface area contributed by atoms with Gasteiger partial charge in [-0.15, -0.1) is 0 Å². The number of rotatable bonds is 26. The Bertz CT molecular complexity index is 1190. The number of nitrogens with one attached hydrogen (secondary N) is 7. The van der Waals surface area contributed by atoms with Crippen LogP contribution in [-0.4, -0.2) is 95.4 Å². The molecule has 0 unspecified atom stereocenters. The highest BCUT2D eigenvalue weighted by atomic mass is 16.3. The highest BCUT2D eigenvalue weighted by Gasteiger charge is 2.36. The second kappa shape index (κ2) is 25.3. The van der Waals surface area contributed by atoms with Crippen molar-refractivity contribution in [1.29, 1.82) is 0 Å². The van der Waals surface area contributed by atoms with E-state index >= 15 is 0 Å². The number of amides is 7. The van der Waals surface area contributed by atoms with Crippen LogP contribution < -0.4 is 37.2 Å². The molecule has 0 aromatic rings. The average Bonchev–Trinajstić information content (AvgIpc) is 3.07. The lowest BCUT2D eigenvalue weighted by atomic mass is 9.96. The van der Waals surface area contributed by atoms with Gasteiger partial charge in [-0.3, -0.25) is 33.6 Å². The third-order valence-corrected chi connectivity index (χ3v) is 8.92. The smallest absolute Gasteiger partial charge is 0.245 e. The van der Waals surface area contributed by atoms with E-state index < -0.39 is 71.2 Å². The molecule has 306 valence electrons. The first-order valence-corrected chi connectivity index (χ1v) is 19.4. The van der Waals surface area contributed by atoms with E-state index in [1.807, 2.05) is 41.5 Å². The summed E-state index contributed by atoms with van der Waals surface area (Å²) >= 11 is 0. The van der Waals surface area contributed by atoms with Crippen LogP contribution in [0.5, 0.6) is 0 Å². The van der Waals surface area contributed by atoms with E-state index in [4.69, 9.17) is 0 Å². The molecular weight excluding hydrogens is 682 g/mol. The van der Waals surface area contributed by atoms with Crippen LogP contribution in [0.1, 0.15) is 134 Å². The van der Waals surface area contributed by atoms with Gasteiger partial charge < -0.3 is 42.3 Å². The van der Waals surface area contributed by atoms with E-state index in [0.717, 1.165) is 32.1 Å². The molecule has 0 saturated heterocycles. The van der Waals surface area contributed by atoms with Gasteiger partial charge >= 0.3 is 0 Å². The zero-order valence-corrected chi connectivity index (χ0v) is 34.2. The molecule has 7 amide bonds. The standard InChI is InChI=1S/C38H71N7O8/c1-12-14-15-16-17-18-30(47)39-21-31(48)40-26(8)33(49)43-29(20-24(5)6)35(51)45-38(10,11)37(53)41-27(9)34(50)44-32(25(7)13-2)36(52)42-28(22-46)19-23(3)4/h23-29,32,46H,12-22H2,1-11H3,(H,39,47)(H,40,48)(H,41,53)(H,42,52)(H,43,49)(H,44,50)(H,45,51)/t25-,26-,27-,28-,29-,32-/m0/s1. The zero-order valence-electron chi connectivity index (χ0n) is 34.2. The first kappa shape index (κ1) is 49.2. The lowest BCUT2D eigenvalue weighted by Gasteiger charge is -2.31. The van der Waals surface area contributed by atoms with Crippen LogP contribution in [0.4, 0.5) is 0 Å². The molecule has 53 heavy (non-hydrogen) atoms. The fourth-order valence-corrected chi connectivity index (χ4v) is 5.43. The van der Waals surface area contributed by atoms with Gasteiger partial charge in [-0.1, -0.05) is 80.6 Å². The Labute approximate surface area is 317 Å². The first-order chi connectivity index (χ1) is 24.7. The summed E-state index contributed by atoms with van der Waals surface area (Å²) in [5.41, 5.74) is -1.52. The van der Waals surface area contributed by atoms with Crippen molar-refractivity contribution in [3.05, 3.63) is 0 Å². The molecule has 0 spiro atoms. The number of aliphatic hydroxyl groups excluding tert-OH is 1. The topological polar surface area (TPSA) is 224 Å². The van der Waals surface area contributed by atoms with E-state index in [9.17, 15) is 38.7 Å². The largest absolute Gasteiger partial charge is 0.394 e. The van der Waals surface area contributed by atoms with Gasteiger partial charge in [0.15, 0.2) is 0 Å². The summed E-state index contributed by atoms with van der Waals surface area (Å²) in [6, 6.07) is -4.51. The van der Waals surface area contributed by atoms with Crippen LogP contribution in [0.15, 0.2) is 0 Å². The minimum Gasteiger partial charge on any atom is -0.394 e. The second-order valence-electron chi connectivity index (χ2n) is 15.6. The van der Waals surface area contributed by atoms with Gasteiger partial charge in [0, 0.05) is 6.42 Å². The number of carbonyl (C=O) groups is 7. The maximum atomic E-state index is 13.4. The summed E-state index contributed by atoms with van der Waals surface area (Å²) in [7, 11) is 0. The van der Waals surface area contributed by atoms with Gasteiger partial charge in [0.05, 0.1) is 19.2 Å². The molecule has 15 nitrogen and oxygen atoms in total. The molecule has 0 heterocycles. The van der Waals surface area contributed by atoms with E-state index in [1.165, 1.54) is 27.7 Å². The molecule has 0 fully saturated rings. The fourth-order valence-electron chi connectivity index (χ4n) is 5.43. The van der Waals surface area contributed by atoms with Gasteiger partial charge in [0.25, 0.3) is 0 Å². The van der Waals surface area contributed by atoms with Crippen molar-refractivity contribution >= 4 is 41.4 Å². The number of unbranched alkanes of at least 4 members (excludes halogenated alkanes) is 4. The molecule has 0 aliphatic carbocycles. The molecule has 0 saturated carbocycles. The Kier molecular flexibility index (Phi) is 23.5. The van der Waals surface area contributed by atoms with Crippen molar-refractivity contribution in [2.45, 2.75) is 170 Å². The van der Waals surface area contributed by atoms with Crippen molar-refractivity contribution in [3.63, 3.8) is 0 Å². The predicted molar refractivity (Wildman–Crippen MR) is 205 cm³/mol. The third-order valence-electron chi connectivity index (χ3n) is 8.92. The van der Waals surface area contributed by atoms with Crippen molar-refractivity contribution in [2.75, 3.05) is 13.2 Å². The normalized spacial score (nSPS) is 14.9. The number of hydrogen-bond acceptors (Lipinski definition) is 8. The van der Waals surface area contributed by atoms with Gasteiger partial charge in [-0.05, 0) is 64.7 Å². The van der Waals surface area contributed by atoms with Crippen LogP contribution in [-0.2, 0) is 33.6 Å². The number of carbonyl (C=O) groups excluding carboxylic acids is 7. The Morgan fingerprint density at radius 2 is 1.19 bits per heavy atom. The molecule has 15 heteroatoms. The Balaban J connectivity index is 5.35. The molecule has 0 aliphatic rings. The van der Waals surface area contributed by atoms with Gasteiger partial charge in [0.1, 0.15) is 29.7 Å². The molecule has 0 aliphatic heterocycles. The highest BCUT2D eigenvalue weighted by molar-refractivity contribution is 5.98. The van der Waals surface area contributed by atoms with Crippen LogP contribution >= 0.6 is 0 Å². The minimum absolute atomic E-state index is 0.0255. The van der Waals surface area contributed by atoms with E-state index in [2.05, 4.69) is 44.1 Å². The number of hydrogen-bond donors (Lipinski definition) is 8. The predicted octanol–water partition coefficient (Wildman–Crippen LogP) is 1.95. The molecule has 0 rings (SSSR count). The van der Waals surface area contributed by atoms with Crippen molar-refractivity contribution in [2.24, 2.45) is 17.8 Å². The summed E-state index contributed by atoms with van der Waals surface area (Å²) in [6.45, 7) is 18.8. The van der Waals surface area contributed by atoms with Crippen LogP contribution in [0.2, 0.25) is 0 Å². The maximum absolute atomic E-state index is 13.4. The monoisotopic (exact) mass is 754 g/mol. The summed E-state index contributed by atoms with van der Waals surface area (Å²) in [5.74, 6) is -3.79. The molecule has 0 aromatic carbocycles. The SMILES string of the molecule is CCCCCCCC(=O)NCC(=O)N[C@@H](C)C(=O)N[C@@H](CC(C)C)C(=O)NC(C)(C)C(=O)N[C@@H](C)C(=O)N[C@H](C(=O)N[C@H](CO)CC(C)C)[C@@H](C)CC. The number of aliphatic hydroxyl groups is 1. The minimum atomic E-state index is -1.52. The summed E-state index contributed by atoms with van der Waals surface area (Å²) < 4.78 is 0. The van der Waals surface area contributed by atoms with E-state index in [-0.39, 0.29) is 43.2 Å². The van der Waals surface area contributed by atoms with Gasteiger partial charge in [-0.25, -0.2) is 0 Å². The van der Waals surface area contributed by atoms with Crippen LogP contribution in [0.25, 0.3) is 0 Å². The lowest BCUT2D eigenvalue weighted by molar-refractivity contribution is -0.137. The van der Waals surface area contributed by atoms with Crippen molar-refractivity contribution in [1.82, 2.24) is 37.2 Å². The second-order valence-corrected chi connectivity index (χ2v) is 15.6. The average molecular weight is 754 g/mol. The maximum Gasteiger partial charge on any atom is 0.245 e.